The average molecular weight is 402 g/mol. The first-order valence-corrected chi connectivity index (χ1v) is 10.0. The van der Waals surface area contributed by atoms with Crippen LogP contribution in [0.2, 0.25) is 5.02 Å². The number of aryl methyl sites for hydroxylation is 2. The van der Waals surface area contributed by atoms with Crippen LogP contribution in [-0.2, 0) is 13.0 Å². The van der Waals surface area contributed by atoms with Crippen molar-refractivity contribution in [2.45, 2.75) is 26.8 Å². The van der Waals surface area contributed by atoms with E-state index in [1.165, 1.54) is 5.56 Å². The van der Waals surface area contributed by atoms with E-state index in [-0.39, 0.29) is 0 Å². The highest BCUT2D eigenvalue weighted by Crippen LogP contribution is 2.31. The van der Waals surface area contributed by atoms with Crippen LogP contribution >= 0.6 is 11.6 Å². The summed E-state index contributed by atoms with van der Waals surface area (Å²) in [6, 6.07) is 12.1. The van der Waals surface area contributed by atoms with Crippen LogP contribution in [0.5, 0.6) is 0 Å². The van der Waals surface area contributed by atoms with Crippen molar-refractivity contribution in [3.63, 3.8) is 0 Å². The smallest absolute Gasteiger partial charge is 0.140 e. The lowest BCUT2D eigenvalue weighted by Gasteiger charge is -2.30. The summed E-state index contributed by atoms with van der Waals surface area (Å²) in [6.45, 7) is 5.55. The SMILES string of the molecule is Cc1ccc(-c2cnc3c(c2)CN(c2nc(C)nc4ccc(Cl)cc24)CC3)cn1. The quantitative estimate of drug-likeness (QED) is 0.477. The van der Waals surface area contributed by atoms with Gasteiger partial charge < -0.3 is 4.90 Å². The van der Waals surface area contributed by atoms with E-state index in [2.05, 4.69) is 27.0 Å². The molecule has 144 valence electrons. The molecule has 0 radical (unpaired) electrons. The van der Waals surface area contributed by atoms with E-state index in [0.29, 0.717) is 5.02 Å². The summed E-state index contributed by atoms with van der Waals surface area (Å²) in [4.78, 5) is 20.8. The molecule has 1 aromatic carbocycles. The van der Waals surface area contributed by atoms with E-state index in [4.69, 9.17) is 21.6 Å². The molecule has 0 N–H and O–H groups in total. The molecule has 5 nitrogen and oxygen atoms in total. The summed E-state index contributed by atoms with van der Waals surface area (Å²) in [5, 5.41) is 1.68. The summed E-state index contributed by atoms with van der Waals surface area (Å²) < 4.78 is 0. The van der Waals surface area contributed by atoms with Gasteiger partial charge in [-0.15, -0.1) is 0 Å². The third kappa shape index (κ3) is 3.42. The largest absolute Gasteiger partial charge is 0.351 e. The molecule has 1 aliphatic rings. The second-order valence-corrected chi connectivity index (χ2v) is 7.88. The highest BCUT2D eigenvalue weighted by molar-refractivity contribution is 6.31. The summed E-state index contributed by atoms with van der Waals surface area (Å²) in [6.07, 6.45) is 4.74. The third-order valence-corrected chi connectivity index (χ3v) is 5.57. The predicted octanol–water partition coefficient (Wildman–Crippen LogP) is 4.92. The Morgan fingerprint density at radius 3 is 2.62 bits per heavy atom. The summed E-state index contributed by atoms with van der Waals surface area (Å²) in [5.74, 6) is 1.70. The molecule has 4 aromatic rings. The van der Waals surface area contributed by atoms with E-state index < -0.39 is 0 Å². The molecule has 0 spiro atoms. The molecule has 29 heavy (non-hydrogen) atoms. The summed E-state index contributed by atoms with van der Waals surface area (Å²) >= 11 is 6.26. The Hall–Kier alpha value is -3.05. The van der Waals surface area contributed by atoms with Gasteiger partial charge in [-0.3, -0.25) is 9.97 Å². The Bertz CT molecular complexity index is 1220. The summed E-state index contributed by atoms with van der Waals surface area (Å²) in [7, 11) is 0. The van der Waals surface area contributed by atoms with Crippen LogP contribution < -0.4 is 4.90 Å². The first-order valence-electron chi connectivity index (χ1n) is 9.66. The molecule has 0 saturated carbocycles. The van der Waals surface area contributed by atoms with Gasteiger partial charge in [0.15, 0.2) is 0 Å². The number of hydrogen-bond donors (Lipinski definition) is 0. The van der Waals surface area contributed by atoms with Gasteiger partial charge >= 0.3 is 0 Å². The maximum Gasteiger partial charge on any atom is 0.140 e. The number of benzene rings is 1. The van der Waals surface area contributed by atoms with Crippen molar-refractivity contribution in [1.82, 2.24) is 19.9 Å². The van der Waals surface area contributed by atoms with Gasteiger partial charge in [-0.2, -0.15) is 0 Å². The van der Waals surface area contributed by atoms with Crippen molar-refractivity contribution >= 4 is 28.3 Å². The second-order valence-electron chi connectivity index (χ2n) is 7.45. The van der Waals surface area contributed by atoms with Crippen molar-refractivity contribution in [2.24, 2.45) is 0 Å². The van der Waals surface area contributed by atoms with Crippen LogP contribution in [0.15, 0.2) is 48.8 Å². The zero-order chi connectivity index (χ0) is 20.0. The molecular formula is C23H20ClN5. The Kier molecular flexibility index (Phi) is 4.40. The van der Waals surface area contributed by atoms with Gasteiger partial charge in [0, 0.05) is 64.8 Å². The number of hydrogen-bond acceptors (Lipinski definition) is 5. The molecule has 0 fully saturated rings. The third-order valence-electron chi connectivity index (χ3n) is 5.33. The topological polar surface area (TPSA) is 54.8 Å². The zero-order valence-electron chi connectivity index (χ0n) is 16.4. The minimum atomic E-state index is 0.694. The highest BCUT2D eigenvalue weighted by atomic mass is 35.5. The Labute approximate surface area is 174 Å². The molecule has 0 atom stereocenters. The van der Waals surface area contributed by atoms with Crippen LogP contribution in [0.4, 0.5) is 5.82 Å². The molecule has 5 rings (SSSR count). The molecule has 1 aliphatic heterocycles. The zero-order valence-corrected chi connectivity index (χ0v) is 17.1. The van der Waals surface area contributed by atoms with Crippen molar-refractivity contribution in [3.05, 3.63) is 76.6 Å². The molecule has 0 aliphatic carbocycles. The second kappa shape index (κ2) is 7.08. The van der Waals surface area contributed by atoms with Gasteiger partial charge in [-0.05, 0) is 49.7 Å². The predicted molar refractivity (Wildman–Crippen MR) is 116 cm³/mol. The van der Waals surface area contributed by atoms with E-state index >= 15 is 0 Å². The number of anilines is 1. The Morgan fingerprint density at radius 1 is 0.931 bits per heavy atom. The molecule has 3 aromatic heterocycles. The fourth-order valence-corrected chi connectivity index (χ4v) is 4.01. The maximum atomic E-state index is 6.26. The molecule has 0 saturated heterocycles. The lowest BCUT2D eigenvalue weighted by Crippen LogP contribution is -2.32. The van der Waals surface area contributed by atoms with Gasteiger partial charge in [0.1, 0.15) is 11.6 Å². The van der Waals surface area contributed by atoms with Crippen LogP contribution in [-0.4, -0.2) is 26.5 Å². The van der Waals surface area contributed by atoms with Crippen molar-refractivity contribution in [3.8, 4) is 11.1 Å². The standard InChI is InChI=1S/C23H20ClN5/c1-14-3-4-16(11-25-14)17-9-18-13-29(8-7-21(18)26-12-17)23-20-10-19(24)5-6-22(20)27-15(2)28-23/h3-6,9-12H,7-8,13H2,1-2H3. The normalized spacial score (nSPS) is 13.6. The minimum absolute atomic E-state index is 0.694. The number of fused-ring (bicyclic) bond motifs is 2. The number of pyridine rings is 2. The average Bonchev–Trinajstić information content (AvgIpc) is 2.73. The van der Waals surface area contributed by atoms with Crippen molar-refractivity contribution < 1.29 is 0 Å². The molecule has 0 unspecified atom stereocenters. The van der Waals surface area contributed by atoms with Crippen LogP contribution in [0, 0.1) is 13.8 Å². The van der Waals surface area contributed by atoms with Gasteiger partial charge in [0.25, 0.3) is 0 Å². The fraction of sp³-hybridized carbons (Fsp3) is 0.217. The molecular weight excluding hydrogens is 382 g/mol. The Balaban J connectivity index is 1.54. The molecule has 0 amide bonds. The van der Waals surface area contributed by atoms with Crippen molar-refractivity contribution in [2.75, 3.05) is 11.4 Å². The van der Waals surface area contributed by atoms with Gasteiger partial charge in [-0.25, -0.2) is 9.97 Å². The molecule has 6 heteroatoms. The molecule has 0 bridgehead atoms. The number of nitrogens with zero attached hydrogens (tertiary/aromatic N) is 5. The van der Waals surface area contributed by atoms with E-state index in [9.17, 15) is 0 Å². The number of rotatable bonds is 2. The van der Waals surface area contributed by atoms with Crippen LogP contribution in [0.3, 0.4) is 0 Å². The van der Waals surface area contributed by atoms with Gasteiger partial charge in [0.2, 0.25) is 0 Å². The summed E-state index contributed by atoms with van der Waals surface area (Å²) in [5.41, 5.74) is 6.47. The Morgan fingerprint density at radius 2 is 1.79 bits per heavy atom. The van der Waals surface area contributed by atoms with Crippen molar-refractivity contribution in [1.29, 1.82) is 0 Å². The van der Waals surface area contributed by atoms with Crippen LogP contribution in [0.25, 0.3) is 22.0 Å². The highest BCUT2D eigenvalue weighted by Gasteiger charge is 2.21. The monoisotopic (exact) mass is 401 g/mol. The van der Waals surface area contributed by atoms with E-state index in [1.807, 2.05) is 50.5 Å². The number of halogens is 1. The number of aromatic nitrogens is 4. The van der Waals surface area contributed by atoms with Gasteiger partial charge in [0.05, 0.1) is 5.52 Å². The van der Waals surface area contributed by atoms with E-state index in [0.717, 1.165) is 64.6 Å². The maximum absolute atomic E-state index is 6.26. The first kappa shape index (κ1) is 18.0. The molecule has 4 heterocycles. The lowest BCUT2D eigenvalue weighted by molar-refractivity contribution is 0.703. The van der Waals surface area contributed by atoms with Crippen LogP contribution in [0.1, 0.15) is 22.8 Å². The fourth-order valence-electron chi connectivity index (χ4n) is 3.84. The first-order chi connectivity index (χ1) is 14.1. The van der Waals surface area contributed by atoms with E-state index in [1.54, 1.807) is 0 Å². The lowest BCUT2D eigenvalue weighted by atomic mass is 10.0. The van der Waals surface area contributed by atoms with Gasteiger partial charge in [-0.1, -0.05) is 17.7 Å². The minimum Gasteiger partial charge on any atom is -0.351 e.